The molecule has 2 aliphatic heterocycles. The molecule has 1 N–H and O–H groups in total. The number of piperidine rings is 1. The van der Waals surface area contributed by atoms with Crippen molar-refractivity contribution in [2.24, 2.45) is 0 Å². The molecule has 2 fully saturated rings. The third-order valence-electron chi connectivity index (χ3n) is 5.89. The van der Waals surface area contributed by atoms with Crippen molar-refractivity contribution in [3.8, 4) is 0 Å². The van der Waals surface area contributed by atoms with Gasteiger partial charge in [0.15, 0.2) is 0 Å². The predicted molar refractivity (Wildman–Crippen MR) is 92.9 cm³/mol. The Morgan fingerprint density at radius 3 is 2.92 bits per heavy atom. The molecule has 1 saturated heterocycles. The first-order valence-electron chi connectivity index (χ1n) is 9.82. The smallest absolute Gasteiger partial charge is 0.221 e. The van der Waals surface area contributed by atoms with Crippen LogP contribution in [0.25, 0.3) is 0 Å². The van der Waals surface area contributed by atoms with Crippen molar-refractivity contribution in [3.63, 3.8) is 0 Å². The first-order chi connectivity index (χ1) is 12.3. The van der Waals surface area contributed by atoms with Crippen molar-refractivity contribution in [1.29, 1.82) is 0 Å². The molecule has 1 saturated carbocycles. The van der Waals surface area contributed by atoms with Crippen LogP contribution in [0, 0.1) is 0 Å². The largest absolute Gasteiger partial charge is 0.370 e. The fourth-order valence-electron chi connectivity index (χ4n) is 4.43. The maximum absolute atomic E-state index is 12.3. The zero-order valence-electron chi connectivity index (χ0n) is 14.9. The summed E-state index contributed by atoms with van der Waals surface area (Å²) in [6.45, 7) is 3.30. The fourth-order valence-corrected chi connectivity index (χ4v) is 4.43. The number of nitrogens with zero attached hydrogens (tertiary/aromatic N) is 4. The van der Waals surface area contributed by atoms with E-state index < -0.39 is 0 Å². The lowest BCUT2D eigenvalue weighted by atomic mass is 10.0. The summed E-state index contributed by atoms with van der Waals surface area (Å²) >= 11 is 0. The standard InChI is InChI=1S/C18H29N5O2/c24-18(20-14-5-3-1-2-4-6-14)8-10-22-9-7-17-16(12-22)23-15(13-25-17)11-19-21-23/h11,14,16-17H,1-10,12-13H2,(H,20,24)/t16-,17-/m1/s1. The van der Waals surface area contributed by atoms with Gasteiger partial charge in [0.2, 0.25) is 5.91 Å². The summed E-state index contributed by atoms with van der Waals surface area (Å²) in [6, 6.07) is 0.620. The maximum atomic E-state index is 12.3. The SMILES string of the molecule is O=C(CCN1CC[C@H]2OCc3cnnn3[C@@H]2C1)NC1CCCCCC1. The molecule has 1 aromatic rings. The second-order valence-electron chi connectivity index (χ2n) is 7.68. The minimum absolute atomic E-state index is 0.204. The molecule has 3 heterocycles. The molecule has 0 bridgehead atoms. The average molecular weight is 347 g/mol. The zero-order chi connectivity index (χ0) is 17.1. The van der Waals surface area contributed by atoms with E-state index in [1.54, 1.807) is 6.20 Å². The Kier molecular flexibility index (Phi) is 5.31. The number of ether oxygens (including phenoxy) is 1. The number of carbonyl (C=O) groups is 1. The number of hydrogen-bond donors (Lipinski definition) is 1. The van der Waals surface area contributed by atoms with Crippen molar-refractivity contribution < 1.29 is 9.53 Å². The second-order valence-corrected chi connectivity index (χ2v) is 7.68. The average Bonchev–Trinajstić information content (AvgIpc) is 2.98. The number of likely N-dealkylation sites (tertiary alicyclic amines) is 1. The Morgan fingerprint density at radius 1 is 1.24 bits per heavy atom. The molecule has 1 aliphatic carbocycles. The zero-order valence-corrected chi connectivity index (χ0v) is 14.9. The van der Waals surface area contributed by atoms with E-state index in [1.807, 2.05) is 4.68 Å². The first kappa shape index (κ1) is 17.0. The maximum Gasteiger partial charge on any atom is 0.221 e. The molecule has 138 valence electrons. The molecule has 0 aromatic carbocycles. The number of hydrogen-bond acceptors (Lipinski definition) is 5. The normalized spacial score (nSPS) is 28.0. The van der Waals surface area contributed by atoms with E-state index in [0.717, 1.165) is 44.6 Å². The van der Waals surface area contributed by atoms with Crippen molar-refractivity contribution in [2.45, 2.75) is 76.2 Å². The van der Waals surface area contributed by atoms with Gasteiger partial charge in [-0.1, -0.05) is 30.9 Å². The third-order valence-corrected chi connectivity index (χ3v) is 5.89. The van der Waals surface area contributed by atoms with Crippen LogP contribution in [0.15, 0.2) is 6.20 Å². The van der Waals surface area contributed by atoms with Crippen molar-refractivity contribution >= 4 is 5.91 Å². The molecule has 0 radical (unpaired) electrons. The summed E-state index contributed by atoms with van der Waals surface area (Å²) in [5.41, 5.74) is 1.05. The summed E-state index contributed by atoms with van der Waals surface area (Å²) in [5.74, 6) is 0.204. The van der Waals surface area contributed by atoms with Crippen molar-refractivity contribution in [1.82, 2.24) is 25.2 Å². The molecular formula is C18H29N5O2. The Morgan fingerprint density at radius 2 is 2.08 bits per heavy atom. The quantitative estimate of drug-likeness (QED) is 0.839. The molecule has 25 heavy (non-hydrogen) atoms. The van der Waals surface area contributed by atoms with Crippen LogP contribution < -0.4 is 5.32 Å². The topological polar surface area (TPSA) is 72.3 Å². The van der Waals surface area contributed by atoms with Gasteiger partial charge < -0.3 is 15.0 Å². The van der Waals surface area contributed by atoms with Gasteiger partial charge in [0.05, 0.1) is 30.6 Å². The van der Waals surface area contributed by atoms with Gasteiger partial charge in [-0.15, -0.1) is 5.10 Å². The van der Waals surface area contributed by atoms with E-state index in [2.05, 4.69) is 20.5 Å². The summed E-state index contributed by atoms with van der Waals surface area (Å²) in [6.07, 6.45) is 11.0. The van der Waals surface area contributed by atoms with Gasteiger partial charge in [-0.2, -0.15) is 0 Å². The Bertz CT molecular complexity index is 582. The molecule has 0 unspecified atom stereocenters. The highest BCUT2D eigenvalue weighted by Crippen LogP contribution is 2.29. The van der Waals surface area contributed by atoms with Gasteiger partial charge >= 0.3 is 0 Å². The van der Waals surface area contributed by atoms with Gasteiger partial charge in [-0.25, -0.2) is 4.68 Å². The lowest BCUT2D eigenvalue weighted by molar-refractivity contribution is -0.122. The van der Waals surface area contributed by atoms with E-state index in [0.29, 0.717) is 19.1 Å². The van der Waals surface area contributed by atoms with Crippen LogP contribution in [0.2, 0.25) is 0 Å². The van der Waals surface area contributed by atoms with Gasteiger partial charge in [0.25, 0.3) is 0 Å². The number of nitrogens with one attached hydrogen (secondary N) is 1. The van der Waals surface area contributed by atoms with Crippen LogP contribution in [-0.4, -0.2) is 57.6 Å². The third kappa shape index (κ3) is 4.03. The molecule has 7 nitrogen and oxygen atoms in total. The number of fused-ring (bicyclic) bond motifs is 3. The van der Waals surface area contributed by atoms with Crippen LogP contribution in [0.3, 0.4) is 0 Å². The number of aromatic nitrogens is 3. The molecule has 0 spiro atoms. The lowest BCUT2D eigenvalue weighted by Crippen LogP contribution is -2.48. The van der Waals surface area contributed by atoms with Crippen LogP contribution in [0.5, 0.6) is 0 Å². The highest BCUT2D eigenvalue weighted by Gasteiger charge is 2.36. The van der Waals surface area contributed by atoms with E-state index in [4.69, 9.17) is 4.74 Å². The molecule has 3 aliphatic rings. The number of rotatable bonds is 4. The summed E-state index contributed by atoms with van der Waals surface area (Å²) in [5, 5.41) is 11.5. The first-order valence-corrected chi connectivity index (χ1v) is 9.82. The van der Waals surface area contributed by atoms with Crippen molar-refractivity contribution in [2.75, 3.05) is 19.6 Å². The predicted octanol–water partition coefficient (Wildman–Crippen LogP) is 1.65. The van der Waals surface area contributed by atoms with E-state index in [9.17, 15) is 4.79 Å². The van der Waals surface area contributed by atoms with Gasteiger partial charge in [-0.05, 0) is 19.3 Å². The summed E-state index contributed by atoms with van der Waals surface area (Å²) in [7, 11) is 0. The van der Waals surface area contributed by atoms with Gasteiger partial charge in [-0.3, -0.25) is 4.79 Å². The molecule has 4 rings (SSSR count). The molecule has 2 atom stereocenters. The van der Waals surface area contributed by atoms with Crippen LogP contribution in [0.4, 0.5) is 0 Å². The number of amides is 1. The minimum Gasteiger partial charge on any atom is -0.370 e. The number of carbonyl (C=O) groups excluding carboxylic acids is 1. The second kappa shape index (κ2) is 7.83. The Balaban J connectivity index is 1.26. The molecular weight excluding hydrogens is 318 g/mol. The van der Waals surface area contributed by atoms with Crippen LogP contribution >= 0.6 is 0 Å². The highest BCUT2D eigenvalue weighted by atomic mass is 16.5. The van der Waals surface area contributed by atoms with Crippen LogP contribution in [0.1, 0.15) is 63.1 Å². The van der Waals surface area contributed by atoms with Gasteiger partial charge in [0.1, 0.15) is 0 Å². The molecule has 1 amide bonds. The summed E-state index contributed by atoms with van der Waals surface area (Å²) < 4.78 is 7.97. The molecule has 7 heteroatoms. The highest BCUT2D eigenvalue weighted by molar-refractivity contribution is 5.76. The van der Waals surface area contributed by atoms with E-state index >= 15 is 0 Å². The Labute approximate surface area is 149 Å². The van der Waals surface area contributed by atoms with Crippen LogP contribution in [-0.2, 0) is 16.1 Å². The summed E-state index contributed by atoms with van der Waals surface area (Å²) in [4.78, 5) is 14.7. The fraction of sp³-hybridized carbons (Fsp3) is 0.833. The van der Waals surface area contributed by atoms with E-state index in [1.165, 1.54) is 25.7 Å². The Hall–Kier alpha value is -1.47. The van der Waals surface area contributed by atoms with Crippen molar-refractivity contribution in [3.05, 3.63) is 11.9 Å². The monoisotopic (exact) mass is 347 g/mol. The van der Waals surface area contributed by atoms with E-state index in [-0.39, 0.29) is 18.1 Å². The molecule has 1 aromatic heterocycles. The van der Waals surface area contributed by atoms with Gasteiger partial charge in [0, 0.05) is 32.1 Å². The minimum atomic E-state index is 0.204. The lowest BCUT2D eigenvalue weighted by Gasteiger charge is -2.41.